The molecule has 0 saturated heterocycles. The van der Waals surface area contributed by atoms with Crippen LogP contribution in [0.1, 0.15) is 22.3 Å². The highest BCUT2D eigenvalue weighted by Crippen LogP contribution is 2.27. The summed E-state index contributed by atoms with van der Waals surface area (Å²) in [5.74, 6) is -0.365. The maximum absolute atomic E-state index is 13.1. The van der Waals surface area contributed by atoms with Crippen molar-refractivity contribution in [2.45, 2.75) is 12.8 Å². The lowest BCUT2D eigenvalue weighted by Gasteiger charge is -2.18. The lowest BCUT2D eigenvalue weighted by Crippen LogP contribution is -2.23. The van der Waals surface area contributed by atoms with Crippen molar-refractivity contribution in [1.29, 1.82) is 0 Å². The highest BCUT2D eigenvalue weighted by molar-refractivity contribution is 5.96. The summed E-state index contributed by atoms with van der Waals surface area (Å²) in [6.07, 6.45) is 1.45. The number of anilines is 1. The summed E-state index contributed by atoms with van der Waals surface area (Å²) in [5.41, 5.74) is 3.02. The number of benzene rings is 2. The molecular weight excluding hydrogens is 253 g/mol. The molecule has 3 heteroatoms. The molecule has 102 valence electrons. The van der Waals surface area contributed by atoms with E-state index in [0.29, 0.717) is 18.5 Å². The number of fused-ring (bicyclic) bond motifs is 1. The number of Topliss-reactive ketones (excluding diaryl/α,β-unsaturated/α-hetero) is 1. The third kappa shape index (κ3) is 2.57. The number of hydrogen-bond acceptors (Lipinski definition) is 2. The zero-order chi connectivity index (χ0) is 13.9. The van der Waals surface area contributed by atoms with Gasteiger partial charge in [0.1, 0.15) is 5.82 Å². The van der Waals surface area contributed by atoms with Gasteiger partial charge in [0.25, 0.3) is 0 Å². The van der Waals surface area contributed by atoms with Crippen LogP contribution in [0.25, 0.3) is 0 Å². The number of carbonyl (C=O) groups excluding carboxylic acids is 1. The minimum absolute atomic E-state index is 0.00567. The van der Waals surface area contributed by atoms with Gasteiger partial charge in [0, 0.05) is 30.8 Å². The van der Waals surface area contributed by atoms with Crippen LogP contribution in [-0.2, 0) is 6.42 Å². The predicted molar refractivity (Wildman–Crippen MR) is 77.7 cm³/mol. The van der Waals surface area contributed by atoms with Crippen LogP contribution in [0.5, 0.6) is 0 Å². The topological polar surface area (TPSA) is 20.3 Å². The molecule has 0 atom stereocenters. The van der Waals surface area contributed by atoms with Crippen molar-refractivity contribution in [1.82, 2.24) is 0 Å². The van der Waals surface area contributed by atoms with E-state index in [1.165, 1.54) is 23.4 Å². The van der Waals surface area contributed by atoms with E-state index in [2.05, 4.69) is 17.0 Å². The molecule has 0 saturated carbocycles. The van der Waals surface area contributed by atoms with Crippen LogP contribution < -0.4 is 4.90 Å². The second kappa shape index (κ2) is 5.45. The molecule has 0 unspecified atom stereocenters. The molecule has 0 N–H and O–H groups in total. The summed E-state index contributed by atoms with van der Waals surface area (Å²) in [6.45, 7) is 1.64. The van der Waals surface area contributed by atoms with Gasteiger partial charge in [-0.25, -0.2) is 4.39 Å². The second-order valence-corrected chi connectivity index (χ2v) is 5.05. The standard InChI is InChI=1S/C17H16FNO/c18-15-6-3-5-14(12-15)17(20)9-11-19-10-8-13-4-1-2-7-16(13)19/h1-7,12H,8-11H2. The lowest BCUT2D eigenvalue weighted by atomic mass is 10.1. The number of carbonyl (C=O) groups is 1. The molecule has 3 rings (SSSR count). The largest absolute Gasteiger partial charge is 0.371 e. The van der Waals surface area contributed by atoms with Gasteiger partial charge in [-0.2, -0.15) is 0 Å². The van der Waals surface area contributed by atoms with Crippen molar-refractivity contribution in [2.75, 3.05) is 18.0 Å². The third-order valence-corrected chi connectivity index (χ3v) is 3.74. The van der Waals surface area contributed by atoms with Crippen molar-refractivity contribution >= 4 is 11.5 Å². The Morgan fingerprint density at radius 2 is 2.00 bits per heavy atom. The Morgan fingerprint density at radius 1 is 1.15 bits per heavy atom. The molecule has 1 aliphatic rings. The fourth-order valence-corrected chi connectivity index (χ4v) is 2.68. The zero-order valence-corrected chi connectivity index (χ0v) is 11.2. The molecule has 0 bridgehead atoms. The van der Waals surface area contributed by atoms with Gasteiger partial charge < -0.3 is 4.90 Å². The summed E-state index contributed by atoms with van der Waals surface area (Å²) in [6, 6.07) is 14.2. The Labute approximate surface area is 117 Å². The van der Waals surface area contributed by atoms with Gasteiger partial charge in [-0.3, -0.25) is 4.79 Å². The average Bonchev–Trinajstić information content (AvgIpc) is 2.88. The first kappa shape index (κ1) is 12.9. The first-order chi connectivity index (χ1) is 9.74. The molecule has 0 radical (unpaired) electrons. The van der Waals surface area contributed by atoms with Crippen LogP contribution in [0, 0.1) is 5.82 Å². The number of halogens is 1. The summed E-state index contributed by atoms with van der Waals surface area (Å²) in [4.78, 5) is 14.3. The SMILES string of the molecule is O=C(CCN1CCc2ccccc21)c1cccc(F)c1. The number of ketones is 1. The Kier molecular flexibility index (Phi) is 3.50. The number of rotatable bonds is 4. The quantitative estimate of drug-likeness (QED) is 0.792. The molecule has 1 aliphatic heterocycles. The highest BCUT2D eigenvalue weighted by Gasteiger charge is 2.19. The van der Waals surface area contributed by atoms with Crippen molar-refractivity contribution in [3.05, 3.63) is 65.5 Å². The molecule has 2 nitrogen and oxygen atoms in total. The van der Waals surface area contributed by atoms with E-state index >= 15 is 0 Å². The first-order valence-electron chi connectivity index (χ1n) is 6.85. The van der Waals surface area contributed by atoms with E-state index in [4.69, 9.17) is 0 Å². The Hall–Kier alpha value is -2.16. The van der Waals surface area contributed by atoms with E-state index in [9.17, 15) is 9.18 Å². The van der Waals surface area contributed by atoms with Crippen molar-refractivity contribution < 1.29 is 9.18 Å². The fourth-order valence-electron chi connectivity index (χ4n) is 2.68. The third-order valence-electron chi connectivity index (χ3n) is 3.74. The maximum atomic E-state index is 13.1. The Morgan fingerprint density at radius 3 is 2.85 bits per heavy atom. The van der Waals surface area contributed by atoms with Crippen molar-refractivity contribution in [3.63, 3.8) is 0 Å². The van der Waals surface area contributed by atoms with Crippen LogP contribution in [0.3, 0.4) is 0 Å². The molecule has 1 heterocycles. The van der Waals surface area contributed by atoms with Crippen LogP contribution >= 0.6 is 0 Å². The van der Waals surface area contributed by atoms with E-state index in [1.54, 1.807) is 12.1 Å². The summed E-state index contributed by atoms with van der Waals surface area (Å²) < 4.78 is 13.1. The smallest absolute Gasteiger partial charge is 0.164 e. The normalized spacial score (nSPS) is 13.3. The maximum Gasteiger partial charge on any atom is 0.164 e. The van der Waals surface area contributed by atoms with Crippen LogP contribution in [0.15, 0.2) is 48.5 Å². The highest BCUT2D eigenvalue weighted by atomic mass is 19.1. The monoisotopic (exact) mass is 269 g/mol. The molecule has 0 aliphatic carbocycles. The summed E-state index contributed by atoms with van der Waals surface area (Å²) in [7, 11) is 0. The Bertz CT molecular complexity index is 638. The number of nitrogens with zero attached hydrogens (tertiary/aromatic N) is 1. The summed E-state index contributed by atoms with van der Waals surface area (Å²) in [5, 5.41) is 0. The van der Waals surface area contributed by atoms with E-state index in [0.717, 1.165) is 13.0 Å². The predicted octanol–water partition coefficient (Wildman–Crippen LogP) is 3.46. The van der Waals surface area contributed by atoms with Gasteiger partial charge in [0.2, 0.25) is 0 Å². The zero-order valence-electron chi connectivity index (χ0n) is 11.2. The van der Waals surface area contributed by atoms with Gasteiger partial charge in [-0.1, -0.05) is 30.3 Å². The number of hydrogen-bond donors (Lipinski definition) is 0. The van der Waals surface area contributed by atoms with Gasteiger partial charge in [0.05, 0.1) is 0 Å². The molecule has 2 aromatic rings. The average molecular weight is 269 g/mol. The van der Waals surface area contributed by atoms with E-state index in [1.807, 2.05) is 12.1 Å². The fraction of sp³-hybridized carbons (Fsp3) is 0.235. The first-order valence-corrected chi connectivity index (χ1v) is 6.85. The van der Waals surface area contributed by atoms with Gasteiger partial charge >= 0.3 is 0 Å². The van der Waals surface area contributed by atoms with Crippen LogP contribution in [0.2, 0.25) is 0 Å². The molecule has 0 spiro atoms. The lowest BCUT2D eigenvalue weighted by molar-refractivity contribution is 0.0984. The molecule has 20 heavy (non-hydrogen) atoms. The van der Waals surface area contributed by atoms with Crippen molar-refractivity contribution in [3.8, 4) is 0 Å². The van der Waals surface area contributed by atoms with Gasteiger partial charge in [-0.05, 0) is 30.2 Å². The van der Waals surface area contributed by atoms with Crippen LogP contribution in [0.4, 0.5) is 10.1 Å². The van der Waals surface area contributed by atoms with Gasteiger partial charge in [0.15, 0.2) is 5.78 Å². The molecule has 0 amide bonds. The minimum Gasteiger partial charge on any atom is -0.371 e. The minimum atomic E-state index is -0.359. The Balaban J connectivity index is 1.65. The van der Waals surface area contributed by atoms with E-state index in [-0.39, 0.29) is 11.6 Å². The molecule has 0 aromatic heterocycles. The number of para-hydroxylation sites is 1. The second-order valence-electron chi connectivity index (χ2n) is 5.05. The molecule has 2 aromatic carbocycles. The van der Waals surface area contributed by atoms with Crippen molar-refractivity contribution in [2.24, 2.45) is 0 Å². The van der Waals surface area contributed by atoms with Gasteiger partial charge in [-0.15, -0.1) is 0 Å². The summed E-state index contributed by atoms with van der Waals surface area (Å²) >= 11 is 0. The van der Waals surface area contributed by atoms with E-state index < -0.39 is 0 Å². The molecular formula is C17H16FNO. The molecule has 0 fully saturated rings. The van der Waals surface area contributed by atoms with Crippen LogP contribution in [-0.4, -0.2) is 18.9 Å².